The lowest BCUT2D eigenvalue weighted by molar-refractivity contribution is 0.786. The Balaban J connectivity index is 1.66. The normalized spacial score (nSPS) is 11.2. The molecule has 0 saturated carbocycles. The van der Waals surface area contributed by atoms with E-state index < -0.39 is 0 Å². The Morgan fingerprint density at radius 3 is 2.52 bits per heavy atom. The SMILES string of the molecule is Clc1cc(Cl)cc(CCCc2nc3ccc(Br)cc3[nH]2)c1. The van der Waals surface area contributed by atoms with Gasteiger partial charge in [0.2, 0.25) is 0 Å². The molecule has 3 rings (SSSR count). The second kappa shape index (κ2) is 6.39. The number of hydrogen-bond donors (Lipinski definition) is 1. The smallest absolute Gasteiger partial charge is 0.107 e. The predicted octanol–water partition coefficient (Wildman–Crippen LogP) is 5.81. The minimum Gasteiger partial charge on any atom is -0.342 e. The highest BCUT2D eigenvalue weighted by Gasteiger charge is 2.04. The second-order valence-corrected chi connectivity index (χ2v) is 6.76. The van der Waals surface area contributed by atoms with Gasteiger partial charge >= 0.3 is 0 Å². The van der Waals surface area contributed by atoms with Crippen LogP contribution in [0.3, 0.4) is 0 Å². The Kier molecular flexibility index (Phi) is 4.53. The van der Waals surface area contributed by atoms with Crippen molar-refractivity contribution < 1.29 is 0 Å². The highest BCUT2D eigenvalue weighted by molar-refractivity contribution is 9.10. The highest BCUT2D eigenvalue weighted by Crippen LogP contribution is 2.21. The Labute approximate surface area is 141 Å². The summed E-state index contributed by atoms with van der Waals surface area (Å²) >= 11 is 15.5. The Hall–Kier alpha value is -1.03. The first-order valence-corrected chi connectivity index (χ1v) is 8.24. The number of aromatic nitrogens is 2. The lowest BCUT2D eigenvalue weighted by Gasteiger charge is -2.02. The maximum atomic E-state index is 6.01. The van der Waals surface area contributed by atoms with Gasteiger partial charge in [0.1, 0.15) is 5.82 Å². The van der Waals surface area contributed by atoms with Gasteiger partial charge in [0.05, 0.1) is 11.0 Å². The van der Waals surface area contributed by atoms with E-state index in [2.05, 4.69) is 25.9 Å². The van der Waals surface area contributed by atoms with Crippen molar-refractivity contribution in [2.75, 3.05) is 0 Å². The third-order valence-electron chi connectivity index (χ3n) is 3.29. The summed E-state index contributed by atoms with van der Waals surface area (Å²) in [4.78, 5) is 7.94. The van der Waals surface area contributed by atoms with Crippen molar-refractivity contribution in [3.63, 3.8) is 0 Å². The number of hydrogen-bond acceptors (Lipinski definition) is 1. The molecule has 0 spiro atoms. The van der Waals surface area contributed by atoms with Gasteiger partial charge in [0.15, 0.2) is 0 Å². The third kappa shape index (κ3) is 3.79. The maximum absolute atomic E-state index is 6.01. The molecule has 0 aliphatic carbocycles. The van der Waals surface area contributed by atoms with E-state index in [9.17, 15) is 0 Å². The molecule has 0 bridgehead atoms. The molecular formula is C16H13BrCl2N2. The van der Waals surface area contributed by atoms with Crippen molar-refractivity contribution >= 4 is 50.2 Å². The van der Waals surface area contributed by atoms with E-state index in [1.807, 2.05) is 30.3 Å². The summed E-state index contributed by atoms with van der Waals surface area (Å²) in [5.74, 6) is 1.01. The average Bonchev–Trinajstić information content (AvgIpc) is 2.79. The Bertz CT molecular complexity index is 763. The Morgan fingerprint density at radius 1 is 1.00 bits per heavy atom. The van der Waals surface area contributed by atoms with E-state index in [4.69, 9.17) is 23.2 Å². The van der Waals surface area contributed by atoms with E-state index in [0.717, 1.165) is 46.2 Å². The zero-order valence-corrected chi connectivity index (χ0v) is 14.3. The van der Waals surface area contributed by atoms with Gasteiger partial charge in [0, 0.05) is 20.9 Å². The molecule has 3 aromatic rings. The largest absolute Gasteiger partial charge is 0.342 e. The van der Waals surface area contributed by atoms with Crippen molar-refractivity contribution in [3.8, 4) is 0 Å². The molecule has 0 radical (unpaired) electrons. The summed E-state index contributed by atoms with van der Waals surface area (Å²) in [6.45, 7) is 0. The van der Waals surface area contributed by atoms with E-state index in [1.54, 1.807) is 6.07 Å². The fourth-order valence-corrected chi connectivity index (χ4v) is 3.30. The van der Waals surface area contributed by atoms with E-state index >= 15 is 0 Å². The van der Waals surface area contributed by atoms with Crippen LogP contribution >= 0.6 is 39.1 Å². The van der Waals surface area contributed by atoms with Crippen LogP contribution in [-0.4, -0.2) is 9.97 Å². The first-order valence-electron chi connectivity index (χ1n) is 6.69. The maximum Gasteiger partial charge on any atom is 0.107 e. The van der Waals surface area contributed by atoms with Gasteiger partial charge in [-0.3, -0.25) is 0 Å². The molecule has 2 aromatic carbocycles. The molecule has 0 aliphatic rings. The van der Waals surface area contributed by atoms with Gasteiger partial charge in [-0.05, 0) is 54.8 Å². The average molecular weight is 384 g/mol. The number of H-pyrrole nitrogens is 1. The van der Waals surface area contributed by atoms with Crippen LogP contribution in [0.1, 0.15) is 17.8 Å². The molecule has 0 amide bonds. The lowest BCUT2D eigenvalue weighted by Crippen LogP contribution is -1.92. The molecule has 2 nitrogen and oxygen atoms in total. The summed E-state index contributed by atoms with van der Waals surface area (Å²) in [7, 11) is 0. The monoisotopic (exact) mass is 382 g/mol. The van der Waals surface area contributed by atoms with E-state index in [0.29, 0.717) is 10.0 Å². The van der Waals surface area contributed by atoms with Gasteiger partial charge in [-0.1, -0.05) is 39.1 Å². The quantitative estimate of drug-likeness (QED) is 0.605. The molecule has 0 fully saturated rings. The summed E-state index contributed by atoms with van der Waals surface area (Å²) in [5.41, 5.74) is 3.22. The van der Waals surface area contributed by atoms with Crippen LogP contribution in [-0.2, 0) is 12.8 Å². The van der Waals surface area contributed by atoms with E-state index in [-0.39, 0.29) is 0 Å². The van der Waals surface area contributed by atoms with Crippen LogP contribution in [0.5, 0.6) is 0 Å². The molecule has 0 aliphatic heterocycles. The number of nitrogens with zero attached hydrogens (tertiary/aromatic N) is 1. The van der Waals surface area contributed by atoms with Gasteiger partial charge in [-0.2, -0.15) is 0 Å². The fourth-order valence-electron chi connectivity index (χ4n) is 2.37. The first kappa shape index (κ1) is 14.9. The van der Waals surface area contributed by atoms with Crippen molar-refractivity contribution in [2.45, 2.75) is 19.3 Å². The minimum atomic E-state index is 0.686. The fraction of sp³-hybridized carbons (Fsp3) is 0.188. The number of fused-ring (bicyclic) bond motifs is 1. The van der Waals surface area contributed by atoms with Crippen molar-refractivity contribution in [1.82, 2.24) is 9.97 Å². The molecule has 108 valence electrons. The number of aryl methyl sites for hydroxylation is 2. The van der Waals surface area contributed by atoms with E-state index in [1.165, 1.54) is 0 Å². The number of nitrogens with one attached hydrogen (secondary N) is 1. The lowest BCUT2D eigenvalue weighted by atomic mass is 10.1. The van der Waals surface area contributed by atoms with Gasteiger partial charge < -0.3 is 4.98 Å². The standard InChI is InChI=1S/C16H13BrCl2N2/c17-11-4-5-14-15(8-11)21-16(20-14)3-1-2-10-6-12(18)9-13(19)7-10/h4-9H,1-3H2,(H,20,21). The molecule has 1 heterocycles. The van der Waals surface area contributed by atoms with Crippen molar-refractivity contribution in [3.05, 3.63) is 62.3 Å². The van der Waals surface area contributed by atoms with Crippen LogP contribution in [0, 0.1) is 0 Å². The molecule has 0 unspecified atom stereocenters. The van der Waals surface area contributed by atoms with Crippen LogP contribution in [0.15, 0.2) is 40.9 Å². The Morgan fingerprint density at radius 2 is 1.76 bits per heavy atom. The topological polar surface area (TPSA) is 28.7 Å². The first-order chi connectivity index (χ1) is 10.1. The molecule has 5 heteroatoms. The molecule has 0 saturated heterocycles. The van der Waals surface area contributed by atoms with Gasteiger partial charge in [-0.15, -0.1) is 0 Å². The number of rotatable bonds is 4. The van der Waals surface area contributed by atoms with Crippen molar-refractivity contribution in [1.29, 1.82) is 0 Å². The van der Waals surface area contributed by atoms with Gasteiger partial charge in [0.25, 0.3) is 0 Å². The van der Waals surface area contributed by atoms with Crippen LogP contribution in [0.25, 0.3) is 11.0 Å². The minimum absolute atomic E-state index is 0.686. The highest BCUT2D eigenvalue weighted by atomic mass is 79.9. The molecular weight excluding hydrogens is 371 g/mol. The van der Waals surface area contributed by atoms with Crippen molar-refractivity contribution in [2.24, 2.45) is 0 Å². The zero-order valence-electron chi connectivity index (χ0n) is 11.2. The summed E-state index contributed by atoms with van der Waals surface area (Å²) in [5, 5.41) is 1.37. The summed E-state index contributed by atoms with van der Waals surface area (Å²) < 4.78 is 1.05. The van der Waals surface area contributed by atoms with Gasteiger partial charge in [-0.25, -0.2) is 4.98 Å². The second-order valence-electron chi connectivity index (χ2n) is 4.98. The molecule has 21 heavy (non-hydrogen) atoms. The summed E-state index contributed by atoms with van der Waals surface area (Å²) in [6, 6.07) is 11.7. The zero-order chi connectivity index (χ0) is 14.8. The van der Waals surface area contributed by atoms with Crippen LogP contribution in [0.4, 0.5) is 0 Å². The molecule has 1 aromatic heterocycles. The number of imidazole rings is 1. The number of benzene rings is 2. The predicted molar refractivity (Wildman–Crippen MR) is 92.3 cm³/mol. The number of halogens is 3. The summed E-state index contributed by atoms with van der Waals surface area (Å²) in [6.07, 6.45) is 2.83. The molecule has 1 N–H and O–H groups in total. The molecule has 0 atom stereocenters. The van der Waals surface area contributed by atoms with Crippen LogP contribution in [0.2, 0.25) is 10.0 Å². The number of aromatic amines is 1. The third-order valence-corrected chi connectivity index (χ3v) is 4.22. The van der Waals surface area contributed by atoms with Crippen LogP contribution < -0.4 is 0 Å².